The maximum atomic E-state index is 12.5. The molecule has 8 nitrogen and oxygen atoms in total. The van der Waals surface area contributed by atoms with Crippen LogP contribution in [0, 0.1) is 12.8 Å². The summed E-state index contributed by atoms with van der Waals surface area (Å²) in [4.78, 5) is 40.4. The number of nitrogens with zero attached hydrogens (tertiary/aromatic N) is 1. The molecule has 0 aliphatic heterocycles. The van der Waals surface area contributed by atoms with Gasteiger partial charge >= 0.3 is 12.1 Å². The van der Waals surface area contributed by atoms with E-state index >= 15 is 0 Å². The molecule has 1 aromatic heterocycles. The van der Waals surface area contributed by atoms with Gasteiger partial charge < -0.3 is 20.5 Å². The first-order valence-corrected chi connectivity index (χ1v) is 12.2. The first-order valence-electron chi connectivity index (χ1n) is 11.4. The van der Waals surface area contributed by atoms with Gasteiger partial charge in [0.25, 0.3) is 5.91 Å². The zero-order valence-electron chi connectivity index (χ0n) is 19.5. The van der Waals surface area contributed by atoms with Crippen LogP contribution in [-0.2, 0) is 16.1 Å². The molecule has 9 heteroatoms. The number of amides is 2. The molecule has 0 spiro atoms. The van der Waals surface area contributed by atoms with Crippen LogP contribution in [0.2, 0.25) is 0 Å². The van der Waals surface area contributed by atoms with Crippen molar-refractivity contribution in [3.8, 4) is 11.1 Å². The summed E-state index contributed by atoms with van der Waals surface area (Å²) >= 11 is 1.19. The Labute approximate surface area is 207 Å². The first kappa shape index (κ1) is 24.4. The van der Waals surface area contributed by atoms with Crippen LogP contribution in [0.1, 0.15) is 50.8 Å². The molecule has 0 bridgehead atoms. The number of hydrogen-bond donors (Lipinski definition) is 3. The van der Waals surface area contributed by atoms with E-state index in [1.165, 1.54) is 22.5 Å². The molecule has 1 aliphatic carbocycles. The minimum atomic E-state index is -0.901. The zero-order valence-corrected chi connectivity index (χ0v) is 20.4. The molecule has 0 fully saturated rings. The Kier molecular flexibility index (Phi) is 7.45. The Morgan fingerprint density at radius 1 is 1.06 bits per heavy atom. The van der Waals surface area contributed by atoms with Crippen molar-refractivity contribution < 1.29 is 24.2 Å². The number of aromatic nitrogens is 1. The third-order valence-corrected chi connectivity index (χ3v) is 7.07. The summed E-state index contributed by atoms with van der Waals surface area (Å²) in [5, 5.41) is 14.9. The van der Waals surface area contributed by atoms with Gasteiger partial charge in [0.05, 0.1) is 12.2 Å². The lowest BCUT2D eigenvalue weighted by molar-refractivity contribution is -0.137. The smallest absolute Gasteiger partial charge is 0.407 e. The fourth-order valence-electron chi connectivity index (χ4n) is 4.25. The monoisotopic (exact) mass is 493 g/mol. The topological polar surface area (TPSA) is 118 Å². The van der Waals surface area contributed by atoms with E-state index in [1.807, 2.05) is 24.3 Å². The van der Waals surface area contributed by atoms with Gasteiger partial charge in [0.1, 0.15) is 16.5 Å². The van der Waals surface area contributed by atoms with E-state index in [0.717, 1.165) is 11.1 Å². The summed E-state index contributed by atoms with van der Waals surface area (Å²) in [6, 6.07) is 16.3. The summed E-state index contributed by atoms with van der Waals surface area (Å²) in [5.41, 5.74) is 5.18. The molecule has 35 heavy (non-hydrogen) atoms. The highest BCUT2D eigenvalue weighted by Crippen LogP contribution is 2.44. The van der Waals surface area contributed by atoms with Gasteiger partial charge in [-0.3, -0.25) is 9.59 Å². The highest BCUT2D eigenvalue weighted by molar-refractivity contribution is 7.13. The maximum absolute atomic E-state index is 12.5. The van der Waals surface area contributed by atoms with E-state index in [4.69, 9.17) is 9.84 Å². The molecule has 182 valence electrons. The van der Waals surface area contributed by atoms with E-state index in [1.54, 1.807) is 13.8 Å². The van der Waals surface area contributed by atoms with E-state index in [-0.39, 0.29) is 43.9 Å². The number of fused-ring (bicyclic) bond motifs is 3. The van der Waals surface area contributed by atoms with E-state index in [2.05, 4.69) is 39.9 Å². The molecule has 1 unspecified atom stereocenters. The minimum Gasteiger partial charge on any atom is -0.481 e. The van der Waals surface area contributed by atoms with E-state index < -0.39 is 12.1 Å². The number of alkyl carbamates (subject to hydrolysis) is 1. The number of benzene rings is 2. The normalized spacial score (nSPS) is 13.0. The van der Waals surface area contributed by atoms with Crippen LogP contribution in [0.15, 0.2) is 48.5 Å². The number of hydrogen-bond acceptors (Lipinski definition) is 6. The second kappa shape index (κ2) is 10.7. The fraction of sp³-hybridized carbons (Fsp3) is 0.308. The number of thiazole rings is 1. The van der Waals surface area contributed by atoms with Crippen LogP contribution in [0.4, 0.5) is 4.79 Å². The number of carbonyl (C=O) groups is 3. The second-order valence-electron chi connectivity index (χ2n) is 8.61. The lowest BCUT2D eigenvalue weighted by atomic mass is 9.98. The molecule has 3 N–H and O–H groups in total. The van der Waals surface area contributed by atoms with Crippen molar-refractivity contribution in [2.75, 3.05) is 13.2 Å². The quantitative estimate of drug-likeness (QED) is 0.408. The predicted molar refractivity (Wildman–Crippen MR) is 133 cm³/mol. The van der Waals surface area contributed by atoms with Crippen molar-refractivity contribution >= 4 is 29.3 Å². The number of carboxylic acids is 1. The fourth-order valence-corrected chi connectivity index (χ4v) is 5.17. The predicted octanol–water partition coefficient (Wildman–Crippen LogP) is 4.33. The second-order valence-corrected chi connectivity index (χ2v) is 9.70. The Balaban J connectivity index is 1.30. The third-order valence-electron chi connectivity index (χ3n) is 5.91. The Morgan fingerprint density at radius 2 is 1.69 bits per heavy atom. The van der Waals surface area contributed by atoms with Crippen LogP contribution >= 0.6 is 11.3 Å². The highest BCUT2D eigenvalue weighted by atomic mass is 32.1. The summed E-state index contributed by atoms with van der Waals surface area (Å²) < 4.78 is 5.54. The summed E-state index contributed by atoms with van der Waals surface area (Å²) in [5.74, 6) is -1.40. The molecule has 2 amide bonds. The average Bonchev–Trinajstić information content (AvgIpc) is 3.37. The first-order chi connectivity index (χ1) is 16.8. The molecule has 2 aromatic carbocycles. The molecule has 1 aliphatic rings. The molecule has 0 saturated heterocycles. The molecular weight excluding hydrogens is 466 g/mol. The summed E-state index contributed by atoms with van der Waals surface area (Å²) in [6.07, 6.45) is -0.565. The number of nitrogens with one attached hydrogen (secondary N) is 2. The van der Waals surface area contributed by atoms with E-state index in [9.17, 15) is 14.4 Å². The number of carboxylic acid groups (broad SMARTS) is 1. The number of carbonyl (C=O) groups excluding carboxylic acids is 2. The number of aryl methyl sites for hydroxylation is 1. The lowest BCUT2D eigenvalue weighted by Gasteiger charge is -2.14. The SMILES string of the molecule is Cc1nc(CNC(=O)OCC2c3ccccc3-c3ccccc32)sc1C(=O)NCC(C)CC(=O)O. The van der Waals surface area contributed by atoms with Gasteiger partial charge in [0.2, 0.25) is 0 Å². The average molecular weight is 494 g/mol. The lowest BCUT2D eigenvalue weighted by Crippen LogP contribution is -2.29. The van der Waals surface area contributed by atoms with Crippen molar-refractivity contribution in [1.82, 2.24) is 15.6 Å². The Hall–Kier alpha value is -3.72. The molecule has 0 radical (unpaired) electrons. The highest BCUT2D eigenvalue weighted by Gasteiger charge is 2.29. The summed E-state index contributed by atoms with van der Waals surface area (Å²) in [7, 11) is 0. The largest absolute Gasteiger partial charge is 0.481 e. The Bertz CT molecular complexity index is 1210. The van der Waals surface area contributed by atoms with Crippen LogP contribution in [-0.4, -0.2) is 41.2 Å². The maximum Gasteiger partial charge on any atom is 0.407 e. The van der Waals surface area contributed by atoms with Crippen LogP contribution in [0.25, 0.3) is 11.1 Å². The van der Waals surface area contributed by atoms with Crippen molar-refractivity contribution in [3.63, 3.8) is 0 Å². The van der Waals surface area contributed by atoms with Crippen LogP contribution in [0.5, 0.6) is 0 Å². The molecule has 3 aromatic rings. The van der Waals surface area contributed by atoms with Gasteiger partial charge in [0.15, 0.2) is 0 Å². The van der Waals surface area contributed by atoms with Gasteiger partial charge in [0, 0.05) is 18.9 Å². The number of rotatable bonds is 9. The molecule has 1 atom stereocenters. The zero-order chi connectivity index (χ0) is 24.9. The summed E-state index contributed by atoms with van der Waals surface area (Å²) in [6.45, 7) is 4.11. The van der Waals surface area contributed by atoms with Crippen LogP contribution < -0.4 is 10.6 Å². The standard InChI is InChI=1S/C26H27N3O5S/c1-15(11-23(30)31)12-27-25(32)24-16(2)29-22(35-24)13-28-26(33)34-14-21-19-9-5-3-7-17(19)18-8-4-6-10-20(18)21/h3-10,15,21H,11-14H2,1-2H3,(H,27,32)(H,28,33)(H,30,31). The minimum absolute atomic E-state index is 0.0166. The number of ether oxygens (including phenoxy) is 1. The van der Waals surface area contributed by atoms with Gasteiger partial charge in [-0.25, -0.2) is 9.78 Å². The molecule has 4 rings (SSSR count). The van der Waals surface area contributed by atoms with Crippen molar-refractivity contribution in [2.24, 2.45) is 5.92 Å². The third kappa shape index (κ3) is 5.68. The van der Waals surface area contributed by atoms with E-state index in [0.29, 0.717) is 15.6 Å². The number of aliphatic carboxylic acids is 1. The van der Waals surface area contributed by atoms with Crippen molar-refractivity contribution in [3.05, 3.63) is 75.2 Å². The Morgan fingerprint density at radius 3 is 2.31 bits per heavy atom. The van der Waals surface area contributed by atoms with Gasteiger partial charge in [-0.1, -0.05) is 55.5 Å². The van der Waals surface area contributed by atoms with Crippen molar-refractivity contribution in [2.45, 2.75) is 32.7 Å². The van der Waals surface area contributed by atoms with Gasteiger partial charge in [-0.2, -0.15) is 0 Å². The van der Waals surface area contributed by atoms with Crippen molar-refractivity contribution in [1.29, 1.82) is 0 Å². The molecule has 1 heterocycles. The van der Waals surface area contributed by atoms with Gasteiger partial charge in [-0.15, -0.1) is 11.3 Å². The molecule has 0 saturated carbocycles. The molecular formula is C26H27N3O5S. The van der Waals surface area contributed by atoms with Crippen LogP contribution in [0.3, 0.4) is 0 Å². The van der Waals surface area contributed by atoms with Gasteiger partial charge in [-0.05, 0) is 35.1 Å².